The van der Waals surface area contributed by atoms with Gasteiger partial charge in [0.15, 0.2) is 0 Å². The van der Waals surface area contributed by atoms with Crippen molar-refractivity contribution in [2.24, 2.45) is 5.92 Å². The molecule has 1 aromatic carbocycles. The fraction of sp³-hybridized carbons (Fsp3) is 0.500. The minimum Gasteiger partial charge on any atom is -0.466 e. The minimum absolute atomic E-state index is 0.0113. The van der Waals surface area contributed by atoms with Crippen molar-refractivity contribution in [1.29, 1.82) is 5.26 Å². The molecule has 0 amide bonds. The summed E-state index contributed by atoms with van der Waals surface area (Å²) in [6.07, 6.45) is 1.93. The van der Waals surface area contributed by atoms with Crippen LogP contribution in [0.5, 0.6) is 0 Å². The second-order valence-corrected chi connectivity index (χ2v) is 5.14. The lowest BCUT2D eigenvalue weighted by Crippen LogP contribution is -2.38. The van der Waals surface area contributed by atoms with Crippen LogP contribution in [0.3, 0.4) is 0 Å². The highest BCUT2D eigenvalue weighted by Crippen LogP contribution is 2.20. The molecule has 1 aromatic rings. The van der Waals surface area contributed by atoms with Crippen LogP contribution in [0.1, 0.15) is 30.9 Å². The topological polar surface area (TPSA) is 53.3 Å². The number of rotatable bonds is 4. The summed E-state index contributed by atoms with van der Waals surface area (Å²) in [7, 11) is 0. The zero-order valence-electron chi connectivity index (χ0n) is 11.8. The van der Waals surface area contributed by atoms with E-state index in [-0.39, 0.29) is 11.9 Å². The van der Waals surface area contributed by atoms with E-state index in [0.717, 1.165) is 38.0 Å². The molecule has 0 saturated carbocycles. The van der Waals surface area contributed by atoms with Crippen molar-refractivity contribution >= 4 is 5.97 Å². The lowest BCUT2D eigenvalue weighted by atomic mass is 9.97. The van der Waals surface area contributed by atoms with Crippen LogP contribution in [-0.2, 0) is 16.1 Å². The molecule has 1 heterocycles. The van der Waals surface area contributed by atoms with Crippen molar-refractivity contribution in [3.63, 3.8) is 0 Å². The van der Waals surface area contributed by atoms with Crippen LogP contribution in [0, 0.1) is 17.2 Å². The molecule has 20 heavy (non-hydrogen) atoms. The number of likely N-dealkylation sites (tertiary alicyclic amines) is 1. The summed E-state index contributed by atoms with van der Waals surface area (Å²) in [5.74, 6) is -0.0918. The van der Waals surface area contributed by atoms with E-state index in [2.05, 4.69) is 11.0 Å². The van der Waals surface area contributed by atoms with Gasteiger partial charge in [-0.25, -0.2) is 0 Å². The smallest absolute Gasteiger partial charge is 0.310 e. The van der Waals surface area contributed by atoms with Gasteiger partial charge in [0.2, 0.25) is 0 Å². The van der Waals surface area contributed by atoms with Crippen molar-refractivity contribution in [2.75, 3.05) is 19.7 Å². The molecule has 1 saturated heterocycles. The Morgan fingerprint density at radius 3 is 3.15 bits per heavy atom. The quantitative estimate of drug-likeness (QED) is 0.789. The Balaban J connectivity index is 1.95. The molecule has 1 aliphatic rings. The van der Waals surface area contributed by atoms with Gasteiger partial charge in [0.05, 0.1) is 24.2 Å². The third-order valence-corrected chi connectivity index (χ3v) is 3.59. The molecule has 1 aliphatic heterocycles. The largest absolute Gasteiger partial charge is 0.466 e. The summed E-state index contributed by atoms with van der Waals surface area (Å²) < 4.78 is 5.11. The number of piperidine rings is 1. The van der Waals surface area contributed by atoms with Crippen molar-refractivity contribution < 1.29 is 9.53 Å². The van der Waals surface area contributed by atoms with Gasteiger partial charge in [-0.15, -0.1) is 0 Å². The van der Waals surface area contributed by atoms with Crippen LogP contribution in [0.15, 0.2) is 24.3 Å². The minimum atomic E-state index is -0.0806. The lowest BCUT2D eigenvalue weighted by molar-refractivity contribution is -0.150. The molecule has 0 bridgehead atoms. The van der Waals surface area contributed by atoms with E-state index >= 15 is 0 Å². The first kappa shape index (κ1) is 14.5. The number of esters is 1. The first-order valence-corrected chi connectivity index (χ1v) is 7.11. The third-order valence-electron chi connectivity index (χ3n) is 3.59. The van der Waals surface area contributed by atoms with E-state index in [1.165, 1.54) is 0 Å². The number of carbonyl (C=O) groups excluding carboxylic acids is 1. The van der Waals surface area contributed by atoms with Gasteiger partial charge in [0.25, 0.3) is 0 Å². The molecule has 1 fully saturated rings. The van der Waals surface area contributed by atoms with Gasteiger partial charge >= 0.3 is 5.97 Å². The molecule has 0 N–H and O–H groups in total. The summed E-state index contributed by atoms with van der Waals surface area (Å²) in [4.78, 5) is 14.1. The average Bonchev–Trinajstić information content (AvgIpc) is 2.48. The monoisotopic (exact) mass is 272 g/mol. The molecule has 1 atom stereocenters. The van der Waals surface area contributed by atoms with Crippen LogP contribution < -0.4 is 0 Å². The summed E-state index contributed by atoms with van der Waals surface area (Å²) in [5.41, 5.74) is 1.80. The summed E-state index contributed by atoms with van der Waals surface area (Å²) >= 11 is 0. The van der Waals surface area contributed by atoms with Gasteiger partial charge in [-0.1, -0.05) is 12.1 Å². The normalized spacial score (nSPS) is 19.3. The highest BCUT2D eigenvalue weighted by atomic mass is 16.5. The maximum atomic E-state index is 11.8. The van der Waals surface area contributed by atoms with Gasteiger partial charge in [-0.05, 0) is 44.0 Å². The molecule has 0 aromatic heterocycles. The Morgan fingerprint density at radius 1 is 1.55 bits per heavy atom. The van der Waals surface area contributed by atoms with Gasteiger partial charge in [-0.2, -0.15) is 5.26 Å². The number of nitrogens with zero attached hydrogens (tertiary/aromatic N) is 2. The first-order valence-electron chi connectivity index (χ1n) is 7.11. The second kappa shape index (κ2) is 7.06. The fourth-order valence-electron chi connectivity index (χ4n) is 2.65. The number of nitriles is 1. The van der Waals surface area contributed by atoms with Gasteiger partial charge in [-0.3, -0.25) is 9.69 Å². The Labute approximate surface area is 120 Å². The zero-order chi connectivity index (χ0) is 14.4. The average molecular weight is 272 g/mol. The summed E-state index contributed by atoms with van der Waals surface area (Å²) in [5, 5.41) is 8.92. The van der Waals surface area contributed by atoms with E-state index in [4.69, 9.17) is 10.00 Å². The number of carbonyl (C=O) groups is 1. The Bertz CT molecular complexity index is 507. The van der Waals surface area contributed by atoms with Crippen LogP contribution in [0.4, 0.5) is 0 Å². The summed E-state index contributed by atoms with van der Waals surface area (Å²) in [6, 6.07) is 9.80. The van der Waals surface area contributed by atoms with E-state index in [1.54, 1.807) is 6.07 Å². The van der Waals surface area contributed by atoms with Crippen LogP contribution in [0.2, 0.25) is 0 Å². The van der Waals surface area contributed by atoms with Gasteiger partial charge in [0.1, 0.15) is 0 Å². The van der Waals surface area contributed by atoms with E-state index in [1.807, 2.05) is 25.1 Å². The van der Waals surface area contributed by atoms with Crippen molar-refractivity contribution in [1.82, 2.24) is 4.90 Å². The molecule has 4 nitrogen and oxygen atoms in total. The molecule has 0 radical (unpaired) electrons. The Morgan fingerprint density at radius 2 is 2.40 bits per heavy atom. The summed E-state index contributed by atoms with van der Waals surface area (Å²) in [6.45, 7) is 4.80. The first-order chi connectivity index (χ1) is 9.72. The number of hydrogen-bond acceptors (Lipinski definition) is 4. The van der Waals surface area contributed by atoms with Crippen molar-refractivity contribution in [3.8, 4) is 6.07 Å². The lowest BCUT2D eigenvalue weighted by Gasteiger charge is -2.31. The van der Waals surface area contributed by atoms with E-state index < -0.39 is 0 Å². The van der Waals surface area contributed by atoms with Gasteiger partial charge < -0.3 is 4.74 Å². The highest BCUT2D eigenvalue weighted by Gasteiger charge is 2.26. The maximum absolute atomic E-state index is 11.8. The Hall–Kier alpha value is -1.86. The number of ether oxygens (including phenoxy) is 1. The van der Waals surface area contributed by atoms with Crippen molar-refractivity contribution in [2.45, 2.75) is 26.3 Å². The zero-order valence-corrected chi connectivity index (χ0v) is 11.8. The highest BCUT2D eigenvalue weighted by molar-refractivity contribution is 5.72. The predicted molar refractivity (Wildman–Crippen MR) is 75.8 cm³/mol. The number of hydrogen-bond donors (Lipinski definition) is 0. The fourth-order valence-corrected chi connectivity index (χ4v) is 2.65. The van der Waals surface area contributed by atoms with Crippen molar-refractivity contribution in [3.05, 3.63) is 35.4 Å². The van der Waals surface area contributed by atoms with E-state index in [9.17, 15) is 4.79 Å². The van der Waals surface area contributed by atoms with E-state index in [0.29, 0.717) is 12.2 Å². The molecular weight excluding hydrogens is 252 g/mol. The molecule has 0 spiro atoms. The second-order valence-electron chi connectivity index (χ2n) is 5.14. The van der Waals surface area contributed by atoms with Crippen LogP contribution in [-0.4, -0.2) is 30.6 Å². The molecule has 2 rings (SSSR count). The third kappa shape index (κ3) is 3.82. The molecule has 4 heteroatoms. The standard InChI is InChI=1S/C16H20N2O2/c1-2-20-16(19)15-7-4-8-18(12-15)11-14-6-3-5-13(9-14)10-17/h3,5-6,9,15H,2,4,7-8,11-12H2,1H3/t15-/m1/s1. The predicted octanol–water partition coefficient (Wildman–Crippen LogP) is 2.33. The molecule has 0 unspecified atom stereocenters. The molecule has 106 valence electrons. The molecule has 0 aliphatic carbocycles. The van der Waals surface area contributed by atoms with Crippen LogP contribution in [0.25, 0.3) is 0 Å². The SMILES string of the molecule is CCOC(=O)[C@@H]1CCCN(Cc2cccc(C#N)c2)C1. The molecular formula is C16H20N2O2. The van der Waals surface area contributed by atoms with Crippen LogP contribution >= 0.6 is 0 Å². The van der Waals surface area contributed by atoms with Gasteiger partial charge in [0, 0.05) is 13.1 Å². The number of benzene rings is 1. The maximum Gasteiger partial charge on any atom is 0.310 e. The Kier molecular flexibility index (Phi) is 5.14.